The predicted molar refractivity (Wildman–Crippen MR) is 74.9 cm³/mol. The van der Waals surface area contributed by atoms with Crippen molar-refractivity contribution >= 4 is 21.7 Å². The molecule has 4 nitrogen and oxygen atoms in total. The van der Waals surface area contributed by atoms with Crippen LogP contribution in [0.25, 0.3) is 0 Å². The highest BCUT2D eigenvalue weighted by atomic mass is 79.9. The van der Waals surface area contributed by atoms with E-state index in [1.165, 1.54) is 12.3 Å². The van der Waals surface area contributed by atoms with E-state index in [1.54, 1.807) is 0 Å². The Morgan fingerprint density at radius 2 is 2.11 bits per heavy atom. The van der Waals surface area contributed by atoms with Crippen LogP contribution < -0.4 is 4.90 Å². The van der Waals surface area contributed by atoms with E-state index in [0.29, 0.717) is 10.5 Å². The van der Waals surface area contributed by atoms with Gasteiger partial charge >= 0.3 is 0 Å². The molecule has 0 spiro atoms. The summed E-state index contributed by atoms with van der Waals surface area (Å²) in [4.78, 5) is 8.93. The SMILES string of the molecule is Fc1cc(N2CC[C@H](N3CCOCC3)C2)ncc1Br. The third kappa shape index (κ3) is 2.90. The largest absolute Gasteiger partial charge is 0.379 e. The molecule has 0 bridgehead atoms. The molecule has 3 heterocycles. The van der Waals surface area contributed by atoms with E-state index in [4.69, 9.17) is 4.74 Å². The fourth-order valence-corrected chi connectivity index (χ4v) is 2.98. The zero-order valence-corrected chi connectivity index (χ0v) is 12.3. The van der Waals surface area contributed by atoms with Crippen LogP contribution in [-0.2, 0) is 4.74 Å². The highest BCUT2D eigenvalue weighted by Crippen LogP contribution is 2.24. The number of aromatic nitrogens is 1. The molecule has 0 unspecified atom stereocenters. The minimum atomic E-state index is -0.250. The van der Waals surface area contributed by atoms with Crippen LogP contribution in [0.3, 0.4) is 0 Å². The van der Waals surface area contributed by atoms with Crippen molar-refractivity contribution in [3.05, 3.63) is 22.6 Å². The second-order valence-corrected chi connectivity index (χ2v) is 5.85. The van der Waals surface area contributed by atoms with Crippen molar-refractivity contribution in [3.63, 3.8) is 0 Å². The van der Waals surface area contributed by atoms with Gasteiger partial charge in [0.1, 0.15) is 11.6 Å². The number of halogens is 2. The van der Waals surface area contributed by atoms with E-state index in [-0.39, 0.29) is 5.82 Å². The van der Waals surface area contributed by atoms with Crippen LogP contribution in [0.4, 0.5) is 10.2 Å². The van der Waals surface area contributed by atoms with Crippen molar-refractivity contribution in [2.24, 2.45) is 0 Å². The Morgan fingerprint density at radius 1 is 1.32 bits per heavy atom. The van der Waals surface area contributed by atoms with Gasteiger partial charge in [-0.05, 0) is 22.4 Å². The second-order valence-electron chi connectivity index (χ2n) is 4.99. The molecule has 1 aromatic rings. The molecule has 0 radical (unpaired) electrons. The molecular weight excluding hydrogens is 313 g/mol. The Labute approximate surface area is 120 Å². The van der Waals surface area contributed by atoms with E-state index in [2.05, 4.69) is 30.7 Å². The van der Waals surface area contributed by atoms with Crippen LogP contribution in [0.2, 0.25) is 0 Å². The van der Waals surface area contributed by atoms with Gasteiger partial charge in [0, 0.05) is 44.5 Å². The Kier molecular flexibility index (Phi) is 4.00. The highest BCUT2D eigenvalue weighted by Gasteiger charge is 2.29. The van der Waals surface area contributed by atoms with Crippen LogP contribution in [0.5, 0.6) is 0 Å². The molecule has 2 fully saturated rings. The Balaban J connectivity index is 1.66. The van der Waals surface area contributed by atoms with E-state index in [9.17, 15) is 4.39 Å². The molecule has 2 aliphatic heterocycles. The third-order valence-corrected chi connectivity index (χ3v) is 4.43. The second kappa shape index (κ2) is 5.73. The maximum absolute atomic E-state index is 13.5. The zero-order chi connectivity index (χ0) is 13.2. The van der Waals surface area contributed by atoms with Gasteiger partial charge < -0.3 is 9.64 Å². The molecule has 2 aliphatic rings. The summed E-state index contributed by atoms with van der Waals surface area (Å²) in [5, 5.41) is 0. The Morgan fingerprint density at radius 3 is 2.84 bits per heavy atom. The lowest BCUT2D eigenvalue weighted by molar-refractivity contribution is 0.0209. The Bertz CT molecular complexity index is 454. The first-order valence-corrected chi connectivity index (χ1v) is 7.41. The van der Waals surface area contributed by atoms with Gasteiger partial charge in [-0.3, -0.25) is 4.90 Å². The molecule has 19 heavy (non-hydrogen) atoms. The number of rotatable bonds is 2. The van der Waals surface area contributed by atoms with Gasteiger partial charge in [-0.25, -0.2) is 9.37 Å². The van der Waals surface area contributed by atoms with Crippen molar-refractivity contribution in [1.29, 1.82) is 0 Å². The summed E-state index contributed by atoms with van der Waals surface area (Å²) in [7, 11) is 0. The fraction of sp³-hybridized carbons (Fsp3) is 0.615. The number of nitrogens with zero attached hydrogens (tertiary/aromatic N) is 3. The molecule has 0 amide bonds. The topological polar surface area (TPSA) is 28.6 Å². The molecule has 0 aromatic carbocycles. The van der Waals surface area contributed by atoms with Gasteiger partial charge in [0.05, 0.1) is 17.7 Å². The summed E-state index contributed by atoms with van der Waals surface area (Å²) in [6.45, 7) is 5.51. The average Bonchev–Trinajstić information content (AvgIpc) is 2.93. The molecule has 1 aromatic heterocycles. The lowest BCUT2D eigenvalue weighted by Crippen LogP contribution is -2.44. The molecule has 6 heteroatoms. The highest BCUT2D eigenvalue weighted by molar-refractivity contribution is 9.10. The van der Waals surface area contributed by atoms with Crippen LogP contribution in [0, 0.1) is 5.82 Å². The molecule has 104 valence electrons. The summed E-state index contributed by atoms with van der Waals surface area (Å²) < 4.78 is 19.3. The third-order valence-electron chi connectivity index (χ3n) is 3.84. The predicted octanol–water partition coefficient (Wildman–Crippen LogP) is 1.89. The summed E-state index contributed by atoms with van der Waals surface area (Å²) in [5.41, 5.74) is 0. The molecule has 0 aliphatic carbocycles. The van der Waals surface area contributed by atoms with Crippen molar-refractivity contribution in [2.45, 2.75) is 12.5 Å². The minimum absolute atomic E-state index is 0.250. The van der Waals surface area contributed by atoms with Gasteiger partial charge in [-0.2, -0.15) is 0 Å². The monoisotopic (exact) mass is 329 g/mol. The summed E-state index contributed by atoms with van der Waals surface area (Å²) in [6, 6.07) is 2.04. The first-order chi connectivity index (χ1) is 9.24. The Hall–Kier alpha value is -0.720. The molecule has 1 atom stereocenters. The van der Waals surface area contributed by atoms with Crippen LogP contribution in [0.1, 0.15) is 6.42 Å². The maximum atomic E-state index is 13.5. The number of ether oxygens (including phenoxy) is 1. The van der Waals surface area contributed by atoms with E-state index in [1.807, 2.05) is 0 Å². The van der Waals surface area contributed by atoms with Gasteiger partial charge in [0.15, 0.2) is 0 Å². The van der Waals surface area contributed by atoms with Gasteiger partial charge in [-0.1, -0.05) is 0 Å². The van der Waals surface area contributed by atoms with Crippen LogP contribution in [0.15, 0.2) is 16.7 Å². The molecule has 2 saturated heterocycles. The average molecular weight is 330 g/mol. The van der Waals surface area contributed by atoms with Crippen molar-refractivity contribution in [2.75, 3.05) is 44.3 Å². The van der Waals surface area contributed by atoms with Gasteiger partial charge in [0.2, 0.25) is 0 Å². The first-order valence-electron chi connectivity index (χ1n) is 6.62. The van der Waals surface area contributed by atoms with E-state index >= 15 is 0 Å². The molecule has 3 rings (SSSR count). The normalized spacial score (nSPS) is 24.9. The number of anilines is 1. The molecule has 0 saturated carbocycles. The minimum Gasteiger partial charge on any atom is -0.379 e. The standard InChI is InChI=1S/C13H17BrFN3O/c14-11-8-16-13(7-12(11)15)18-2-1-10(9-18)17-3-5-19-6-4-17/h7-8,10H,1-6,9H2/t10-/m0/s1. The van der Waals surface area contributed by atoms with Crippen LogP contribution in [-0.4, -0.2) is 55.3 Å². The summed E-state index contributed by atoms with van der Waals surface area (Å²) in [5.74, 6) is 0.483. The van der Waals surface area contributed by atoms with Crippen molar-refractivity contribution in [3.8, 4) is 0 Å². The number of pyridine rings is 1. The summed E-state index contributed by atoms with van der Waals surface area (Å²) in [6.07, 6.45) is 2.64. The quantitative estimate of drug-likeness (QED) is 0.828. The maximum Gasteiger partial charge on any atom is 0.142 e. The zero-order valence-electron chi connectivity index (χ0n) is 10.7. The van der Waals surface area contributed by atoms with Crippen LogP contribution >= 0.6 is 15.9 Å². The first kappa shape index (κ1) is 13.3. The summed E-state index contributed by atoms with van der Waals surface area (Å²) >= 11 is 3.13. The van der Waals surface area contributed by atoms with Crippen molar-refractivity contribution in [1.82, 2.24) is 9.88 Å². The number of morpholine rings is 1. The molecular formula is C13H17BrFN3O. The van der Waals surface area contributed by atoms with E-state index < -0.39 is 0 Å². The smallest absolute Gasteiger partial charge is 0.142 e. The number of hydrogen-bond donors (Lipinski definition) is 0. The van der Waals surface area contributed by atoms with E-state index in [0.717, 1.165) is 51.6 Å². The van der Waals surface area contributed by atoms with Gasteiger partial charge in [0.25, 0.3) is 0 Å². The fourth-order valence-electron chi connectivity index (χ4n) is 2.77. The lowest BCUT2D eigenvalue weighted by atomic mass is 10.2. The number of hydrogen-bond acceptors (Lipinski definition) is 4. The van der Waals surface area contributed by atoms with Crippen molar-refractivity contribution < 1.29 is 9.13 Å². The molecule has 0 N–H and O–H groups in total. The lowest BCUT2D eigenvalue weighted by Gasteiger charge is -2.32. The van der Waals surface area contributed by atoms with Gasteiger partial charge in [-0.15, -0.1) is 0 Å².